The first-order valence-corrected chi connectivity index (χ1v) is 8.99. The Balaban J connectivity index is 1.79. The first-order valence-electron chi connectivity index (χ1n) is 7.55. The van der Waals surface area contributed by atoms with Crippen molar-refractivity contribution in [2.75, 3.05) is 13.1 Å². The van der Waals surface area contributed by atoms with Gasteiger partial charge < -0.3 is 0 Å². The molecule has 1 aliphatic rings. The van der Waals surface area contributed by atoms with E-state index in [1.807, 2.05) is 0 Å². The molecular formula is C15H19FN4O2S. The van der Waals surface area contributed by atoms with Crippen LogP contribution >= 0.6 is 0 Å². The molecule has 0 saturated carbocycles. The molecule has 1 saturated heterocycles. The molecule has 1 atom stereocenters. The van der Waals surface area contributed by atoms with E-state index >= 15 is 0 Å². The van der Waals surface area contributed by atoms with Crippen LogP contribution in [0, 0.1) is 18.7 Å². The third-order valence-electron chi connectivity index (χ3n) is 4.15. The van der Waals surface area contributed by atoms with Crippen LogP contribution in [0.25, 0.3) is 0 Å². The molecule has 2 aromatic rings. The Bertz CT molecular complexity index is 777. The van der Waals surface area contributed by atoms with Crippen molar-refractivity contribution in [2.24, 2.45) is 5.92 Å². The minimum absolute atomic E-state index is 0.181. The van der Waals surface area contributed by atoms with Gasteiger partial charge in [-0.05, 0) is 49.4 Å². The fourth-order valence-corrected chi connectivity index (χ4v) is 4.79. The van der Waals surface area contributed by atoms with Gasteiger partial charge in [0, 0.05) is 19.6 Å². The van der Waals surface area contributed by atoms with Crippen molar-refractivity contribution in [1.82, 2.24) is 19.1 Å². The maximum absolute atomic E-state index is 13.2. The topological polar surface area (TPSA) is 68.1 Å². The number of piperidine rings is 1. The second-order valence-electron chi connectivity index (χ2n) is 5.90. The summed E-state index contributed by atoms with van der Waals surface area (Å²) in [6.45, 7) is 3.20. The van der Waals surface area contributed by atoms with E-state index in [1.165, 1.54) is 28.8 Å². The fraction of sp³-hybridized carbons (Fsp3) is 0.467. The summed E-state index contributed by atoms with van der Waals surface area (Å²) in [7, 11) is -3.60. The molecule has 2 heterocycles. The zero-order valence-corrected chi connectivity index (χ0v) is 13.7. The smallest absolute Gasteiger partial charge is 0.243 e. The molecule has 1 aromatic carbocycles. The van der Waals surface area contributed by atoms with Gasteiger partial charge in [0.15, 0.2) is 0 Å². The van der Waals surface area contributed by atoms with Crippen LogP contribution in [-0.2, 0) is 16.6 Å². The van der Waals surface area contributed by atoms with Crippen molar-refractivity contribution >= 4 is 10.0 Å². The molecule has 0 N–H and O–H groups in total. The van der Waals surface area contributed by atoms with Crippen LogP contribution in [0.4, 0.5) is 4.39 Å². The van der Waals surface area contributed by atoms with Gasteiger partial charge in [0.25, 0.3) is 0 Å². The second kappa shape index (κ2) is 6.37. The minimum atomic E-state index is -3.60. The van der Waals surface area contributed by atoms with Gasteiger partial charge in [-0.2, -0.15) is 9.40 Å². The highest BCUT2D eigenvalue weighted by molar-refractivity contribution is 7.89. The Morgan fingerprint density at radius 3 is 2.91 bits per heavy atom. The predicted octanol–water partition coefficient (Wildman–Crippen LogP) is 1.83. The number of rotatable bonds is 4. The lowest BCUT2D eigenvalue weighted by Crippen LogP contribution is -2.41. The summed E-state index contributed by atoms with van der Waals surface area (Å²) in [6.07, 6.45) is 4.86. The van der Waals surface area contributed by atoms with E-state index in [4.69, 9.17) is 0 Å². The van der Waals surface area contributed by atoms with Gasteiger partial charge in [0.1, 0.15) is 18.5 Å². The van der Waals surface area contributed by atoms with E-state index < -0.39 is 15.8 Å². The van der Waals surface area contributed by atoms with E-state index in [9.17, 15) is 12.8 Å². The minimum Gasteiger partial charge on any atom is -0.253 e. The number of halogens is 1. The summed E-state index contributed by atoms with van der Waals surface area (Å²) in [5, 5.41) is 4.08. The molecule has 1 aliphatic heterocycles. The summed E-state index contributed by atoms with van der Waals surface area (Å²) < 4.78 is 42.1. The average Bonchev–Trinajstić information content (AvgIpc) is 3.00. The molecule has 0 bridgehead atoms. The molecule has 3 rings (SSSR count). The van der Waals surface area contributed by atoms with Gasteiger partial charge in [-0.3, -0.25) is 4.68 Å². The summed E-state index contributed by atoms with van der Waals surface area (Å²) in [6, 6.07) is 3.79. The van der Waals surface area contributed by atoms with Crippen molar-refractivity contribution in [1.29, 1.82) is 0 Å². The molecule has 8 heteroatoms. The summed E-state index contributed by atoms with van der Waals surface area (Å²) in [4.78, 5) is 4.09. The molecule has 1 aromatic heterocycles. The second-order valence-corrected chi connectivity index (χ2v) is 7.81. The third kappa shape index (κ3) is 3.42. The molecule has 0 aliphatic carbocycles. The van der Waals surface area contributed by atoms with Crippen LogP contribution in [0.15, 0.2) is 35.7 Å². The number of sulfonamides is 1. The van der Waals surface area contributed by atoms with Crippen molar-refractivity contribution in [3.8, 4) is 0 Å². The third-order valence-corrected chi connectivity index (χ3v) is 6.17. The highest BCUT2D eigenvalue weighted by Crippen LogP contribution is 2.26. The normalized spacial score (nSPS) is 19.8. The van der Waals surface area contributed by atoms with Crippen LogP contribution in [0.3, 0.4) is 0 Å². The maximum atomic E-state index is 13.2. The predicted molar refractivity (Wildman–Crippen MR) is 82.6 cm³/mol. The van der Waals surface area contributed by atoms with Gasteiger partial charge in [-0.25, -0.2) is 17.8 Å². The van der Waals surface area contributed by atoms with Crippen LogP contribution < -0.4 is 0 Å². The van der Waals surface area contributed by atoms with E-state index in [-0.39, 0.29) is 10.8 Å². The lowest BCUT2D eigenvalue weighted by molar-refractivity contribution is 0.239. The largest absolute Gasteiger partial charge is 0.253 e. The average molecular weight is 338 g/mol. The maximum Gasteiger partial charge on any atom is 0.243 e. The van der Waals surface area contributed by atoms with Gasteiger partial charge >= 0.3 is 0 Å². The molecule has 0 unspecified atom stereocenters. The lowest BCUT2D eigenvalue weighted by atomic mass is 10.00. The number of aromatic nitrogens is 3. The number of aryl methyl sites for hydroxylation is 1. The van der Waals surface area contributed by atoms with Crippen molar-refractivity contribution in [2.45, 2.75) is 31.2 Å². The Morgan fingerprint density at radius 1 is 1.39 bits per heavy atom. The Morgan fingerprint density at radius 2 is 2.22 bits per heavy atom. The zero-order chi connectivity index (χ0) is 16.4. The summed E-state index contributed by atoms with van der Waals surface area (Å²) >= 11 is 0. The van der Waals surface area contributed by atoms with Crippen LogP contribution in [0.5, 0.6) is 0 Å². The SMILES string of the molecule is Cc1cc(F)ccc1S(=O)(=O)N1CCC[C@@H](Cn2cncn2)C1. The van der Waals surface area contributed by atoms with E-state index in [0.717, 1.165) is 12.8 Å². The van der Waals surface area contributed by atoms with Crippen LogP contribution in [-0.4, -0.2) is 40.6 Å². The van der Waals surface area contributed by atoms with Gasteiger partial charge in [-0.1, -0.05) is 0 Å². The molecular weight excluding hydrogens is 319 g/mol. The van der Waals surface area contributed by atoms with Crippen LogP contribution in [0.1, 0.15) is 18.4 Å². The molecule has 6 nitrogen and oxygen atoms in total. The number of nitrogens with zero attached hydrogens (tertiary/aromatic N) is 4. The molecule has 0 amide bonds. The first-order chi connectivity index (χ1) is 11.0. The van der Waals surface area contributed by atoms with Crippen molar-refractivity contribution < 1.29 is 12.8 Å². The van der Waals surface area contributed by atoms with E-state index in [1.54, 1.807) is 17.9 Å². The Labute approximate surface area is 135 Å². The zero-order valence-electron chi connectivity index (χ0n) is 12.9. The van der Waals surface area contributed by atoms with Gasteiger partial charge in [-0.15, -0.1) is 0 Å². The molecule has 23 heavy (non-hydrogen) atoms. The first kappa shape index (κ1) is 16.1. The molecule has 1 fully saturated rings. The molecule has 0 radical (unpaired) electrons. The van der Waals surface area contributed by atoms with Gasteiger partial charge in [0.05, 0.1) is 4.90 Å². The van der Waals surface area contributed by atoms with Crippen molar-refractivity contribution in [3.63, 3.8) is 0 Å². The number of hydrogen-bond acceptors (Lipinski definition) is 4. The summed E-state index contributed by atoms with van der Waals surface area (Å²) in [5.41, 5.74) is 0.434. The fourth-order valence-electron chi connectivity index (χ4n) is 3.03. The van der Waals surface area contributed by atoms with E-state index in [2.05, 4.69) is 10.1 Å². The summed E-state index contributed by atoms with van der Waals surface area (Å²) in [5.74, 6) is -0.231. The molecule has 0 spiro atoms. The van der Waals surface area contributed by atoms with Crippen LogP contribution in [0.2, 0.25) is 0 Å². The number of benzene rings is 1. The van der Waals surface area contributed by atoms with E-state index in [0.29, 0.717) is 25.2 Å². The van der Waals surface area contributed by atoms with Crippen molar-refractivity contribution in [3.05, 3.63) is 42.2 Å². The standard InChI is InChI=1S/C15H19FN4O2S/c1-12-7-14(16)4-5-15(12)23(21,22)20-6-2-3-13(9-20)8-19-11-17-10-18-19/h4-5,7,10-11,13H,2-3,6,8-9H2,1H3/t13-/m0/s1. The highest BCUT2D eigenvalue weighted by Gasteiger charge is 2.31. The Hall–Kier alpha value is -1.80. The lowest BCUT2D eigenvalue weighted by Gasteiger charge is -2.32. The highest BCUT2D eigenvalue weighted by atomic mass is 32.2. The quantitative estimate of drug-likeness (QED) is 0.853. The number of hydrogen-bond donors (Lipinski definition) is 0. The Kier molecular flexibility index (Phi) is 4.45. The monoisotopic (exact) mass is 338 g/mol. The van der Waals surface area contributed by atoms with Gasteiger partial charge in [0.2, 0.25) is 10.0 Å². The molecule has 124 valence electrons.